The highest BCUT2D eigenvalue weighted by Crippen LogP contribution is 2.31. The molecule has 2 aromatic rings. The van der Waals surface area contributed by atoms with Crippen molar-refractivity contribution in [1.82, 2.24) is 4.90 Å². The largest absolute Gasteiger partial charge is 0.462 e. The zero-order valence-electron chi connectivity index (χ0n) is 14.2. The summed E-state index contributed by atoms with van der Waals surface area (Å²) in [5, 5.41) is 0. The van der Waals surface area contributed by atoms with Gasteiger partial charge in [-0.3, -0.25) is 9.69 Å². The highest BCUT2D eigenvalue weighted by Gasteiger charge is 2.28. The Labute approximate surface area is 161 Å². The molecule has 0 spiro atoms. The van der Waals surface area contributed by atoms with Gasteiger partial charge in [0.1, 0.15) is 4.32 Å². The van der Waals surface area contributed by atoms with Gasteiger partial charge in [0.05, 0.1) is 17.1 Å². The Morgan fingerprint density at radius 3 is 2.46 bits per heavy atom. The quantitative estimate of drug-likeness (QED) is 0.445. The van der Waals surface area contributed by atoms with Crippen molar-refractivity contribution in [2.45, 2.75) is 6.42 Å². The molecular weight excluding hydrogens is 366 g/mol. The van der Waals surface area contributed by atoms with Gasteiger partial charge in [-0.05, 0) is 29.3 Å². The number of thiocarbonyl (C=S) groups is 1. The summed E-state index contributed by atoms with van der Waals surface area (Å²) in [5.41, 5.74) is 2.45. The first kappa shape index (κ1) is 18.4. The molecule has 4 nitrogen and oxygen atoms in total. The zero-order chi connectivity index (χ0) is 18.5. The first-order chi connectivity index (χ1) is 12.5. The summed E-state index contributed by atoms with van der Waals surface area (Å²) >= 11 is 6.38. The van der Waals surface area contributed by atoms with Crippen LogP contribution in [-0.4, -0.2) is 34.8 Å². The van der Waals surface area contributed by atoms with E-state index in [-0.39, 0.29) is 11.9 Å². The van der Waals surface area contributed by atoms with E-state index in [4.69, 9.17) is 17.0 Å². The lowest BCUT2D eigenvalue weighted by atomic mass is 10.1. The summed E-state index contributed by atoms with van der Waals surface area (Å²) < 4.78 is 5.86. The molecule has 1 aliphatic heterocycles. The van der Waals surface area contributed by atoms with E-state index >= 15 is 0 Å². The Bertz CT molecular complexity index is 860. The number of hydrogen-bond acceptors (Lipinski definition) is 5. The van der Waals surface area contributed by atoms with Crippen LogP contribution in [0.3, 0.4) is 0 Å². The number of carbonyl (C=O) groups excluding carboxylic acids is 2. The molecule has 3 rings (SSSR count). The first-order valence-corrected chi connectivity index (χ1v) is 9.30. The van der Waals surface area contributed by atoms with Crippen LogP contribution in [0.1, 0.15) is 21.5 Å². The van der Waals surface area contributed by atoms with Crippen molar-refractivity contribution in [3.8, 4) is 0 Å². The second-order valence-corrected chi connectivity index (χ2v) is 7.41. The van der Waals surface area contributed by atoms with Crippen LogP contribution in [0.15, 0.2) is 59.5 Å². The molecule has 0 radical (unpaired) electrons. The lowest BCUT2D eigenvalue weighted by Gasteiger charge is -2.05. The van der Waals surface area contributed by atoms with Crippen molar-refractivity contribution in [2.75, 3.05) is 13.7 Å². The highest BCUT2D eigenvalue weighted by atomic mass is 32.2. The Balaban J connectivity index is 1.58. The molecule has 1 amide bonds. The Hall–Kier alpha value is -2.44. The fourth-order valence-corrected chi connectivity index (χ4v) is 3.58. The monoisotopic (exact) mass is 383 g/mol. The number of hydrogen-bond donors (Lipinski definition) is 0. The molecule has 0 aromatic heterocycles. The van der Waals surface area contributed by atoms with Gasteiger partial charge < -0.3 is 4.74 Å². The third-order valence-electron chi connectivity index (χ3n) is 3.90. The summed E-state index contributed by atoms with van der Waals surface area (Å²) in [6, 6.07) is 16.8. The lowest BCUT2D eigenvalue weighted by molar-refractivity contribution is -0.121. The summed E-state index contributed by atoms with van der Waals surface area (Å²) in [5.74, 6) is -0.461. The van der Waals surface area contributed by atoms with Crippen molar-refractivity contribution in [3.63, 3.8) is 0 Å². The Morgan fingerprint density at radius 2 is 1.85 bits per heavy atom. The van der Waals surface area contributed by atoms with Gasteiger partial charge in [-0.2, -0.15) is 0 Å². The number of benzene rings is 2. The third kappa shape index (κ3) is 4.39. The number of carbonyl (C=O) groups is 2. The SMILES string of the molecule is CN1C(=O)/C(=C\c2ccc(C(=O)OCCc3ccccc3)cc2)SC1=S. The van der Waals surface area contributed by atoms with Gasteiger partial charge in [-0.1, -0.05) is 66.4 Å². The van der Waals surface area contributed by atoms with E-state index in [2.05, 4.69) is 0 Å². The van der Waals surface area contributed by atoms with Crippen LogP contribution < -0.4 is 0 Å². The van der Waals surface area contributed by atoms with E-state index in [1.54, 1.807) is 37.4 Å². The van der Waals surface area contributed by atoms with Gasteiger partial charge in [0.15, 0.2) is 0 Å². The molecule has 1 heterocycles. The molecule has 0 unspecified atom stereocenters. The molecule has 0 saturated carbocycles. The standard InChI is InChI=1S/C20H17NO3S2/c1-21-18(22)17(26-20(21)25)13-15-7-9-16(10-8-15)19(23)24-12-11-14-5-3-2-4-6-14/h2-10,13H,11-12H2,1H3/b17-13+. The van der Waals surface area contributed by atoms with E-state index in [0.29, 0.717) is 27.8 Å². The average molecular weight is 383 g/mol. The summed E-state index contributed by atoms with van der Waals surface area (Å²) in [4.78, 5) is 26.1. The zero-order valence-corrected chi connectivity index (χ0v) is 15.8. The normalized spacial score (nSPS) is 15.6. The Kier molecular flexibility index (Phi) is 5.85. The maximum absolute atomic E-state index is 12.1. The first-order valence-electron chi connectivity index (χ1n) is 8.07. The molecule has 0 N–H and O–H groups in total. The summed E-state index contributed by atoms with van der Waals surface area (Å²) in [7, 11) is 1.66. The molecule has 1 aliphatic rings. The average Bonchev–Trinajstić information content (AvgIpc) is 2.90. The summed E-state index contributed by atoms with van der Waals surface area (Å²) in [6.07, 6.45) is 2.46. The van der Waals surface area contributed by atoms with Crippen LogP contribution >= 0.6 is 24.0 Å². The minimum absolute atomic E-state index is 0.107. The molecule has 1 fully saturated rings. The molecule has 132 valence electrons. The smallest absolute Gasteiger partial charge is 0.338 e. The molecule has 0 atom stereocenters. The van der Waals surface area contributed by atoms with Crippen molar-refractivity contribution < 1.29 is 14.3 Å². The van der Waals surface area contributed by atoms with Crippen LogP contribution in [0, 0.1) is 0 Å². The number of amides is 1. The van der Waals surface area contributed by atoms with Crippen LogP contribution in [0.4, 0.5) is 0 Å². The molecule has 26 heavy (non-hydrogen) atoms. The fraction of sp³-hybridized carbons (Fsp3) is 0.150. The number of likely N-dealkylation sites (N-methyl/N-ethyl adjacent to an activating group) is 1. The van der Waals surface area contributed by atoms with Gasteiger partial charge in [0, 0.05) is 13.5 Å². The minimum Gasteiger partial charge on any atom is -0.462 e. The lowest BCUT2D eigenvalue weighted by Crippen LogP contribution is -2.22. The molecule has 6 heteroatoms. The van der Waals surface area contributed by atoms with Crippen LogP contribution in [0.5, 0.6) is 0 Å². The van der Waals surface area contributed by atoms with Gasteiger partial charge >= 0.3 is 5.97 Å². The molecule has 0 aliphatic carbocycles. The highest BCUT2D eigenvalue weighted by molar-refractivity contribution is 8.26. The minimum atomic E-state index is -0.354. The number of nitrogens with zero attached hydrogens (tertiary/aromatic N) is 1. The van der Waals surface area contributed by atoms with Gasteiger partial charge in [0.25, 0.3) is 5.91 Å². The number of rotatable bonds is 5. The summed E-state index contributed by atoms with van der Waals surface area (Å²) in [6.45, 7) is 0.337. The third-order valence-corrected chi connectivity index (χ3v) is 5.38. The van der Waals surface area contributed by atoms with Crippen LogP contribution in [0.2, 0.25) is 0 Å². The number of ether oxygens (including phenoxy) is 1. The number of thioether (sulfide) groups is 1. The molecule has 0 bridgehead atoms. The fourth-order valence-electron chi connectivity index (χ4n) is 2.40. The van der Waals surface area contributed by atoms with Crippen LogP contribution in [0.25, 0.3) is 6.08 Å². The molecule has 2 aromatic carbocycles. The van der Waals surface area contributed by atoms with Crippen LogP contribution in [-0.2, 0) is 16.0 Å². The maximum Gasteiger partial charge on any atom is 0.338 e. The van der Waals surface area contributed by atoms with Gasteiger partial charge in [0.2, 0.25) is 0 Å². The second-order valence-electron chi connectivity index (χ2n) is 5.73. The van der Waals surface area contributed by atoms with Crippen molar-refractivity contribution in [1.29, 1.82) is 0 Å². The van der Waals surface area contributed by atoms with E-state index in [1.165, 1.54) is 16.7 Å². The Morgan fingerprint density at radius 1 is 1.15 bits per heavy atom. The number of esters is 1. The molecular formula is C20H17NO3S2. The topological polar surface area (TPSA) is 46.6 Å². The van der Waals surface area contributed by atoms with Gasteiger partial charge in [-0.15, -0.1) is 0 Å². The second kappa shape index (κ2) is 8.29. The van der Waals surface area contributed by atoms with E-state index < -0.39 is 0 Å². The predicted molar refractivity (Wildman–Crippen MR) is 108 cm³/mol. The van der Waals surface area contributed by atoms with Crippen molar-refractivity contribution in [3.05, 3.63) is 76.2 Å². The van der Waals surface area contributed by atoms with E-state index in [1.807, 2.05) is 30.3 Å². The molecule has 1 saturated heterocycles. The van der Waals surface area contributed by atoms with Crippen molar-refractivity contribution in [2.24, 2.45) is 0 Å². The van der Waals surface area contributed by atoms with Gasteiger partial charge in [-0.25, -0.2) is 4.79 Å². The maximum atomic E-state index is 12.1. The van der Waals surface area contributed by atoms with Crippen molar-refractivity contribution >= 4 is 46.3 Å². The van der Waals surface area contributed by atoms with E-state index in [9.17, 15) is 9.59 Å². The predicted octanol–water partition coefficient (Wildman–Crippen LogP) is 3.92. The van der Waals surface area contributed by atoms with E-state index in [0.717, 1.165) is 11.1 Å².